The third-order valence-corrected chi connectivity index (χ3v) is 3.21. The van der Waals surface area contributed by atoms with Gasteiger partial charge in [0.05, 0.1) is 7.11 Å². The Balaban J connectivity index is 2.39. The third kappa shape index (κ3) is 1.63. The maximum Gasteiger partial charge on any atom is 0.119 e. The van der Waals surface area contributed by atoms with Crippen LogP contribution >= 0.6 is 0 Å². The van der Waals surface area contributed by atoms with Crippen molar-refractivity contribution in [2.24, 2.45) is 5.92 Å². The highest BCUT2D eigenvalue weighted by Crippen LogP contribution is 2.35. The van der Waals surface area contributed by atoms with Crippen LogP contribution in [0.15, 0.2) is 18.2 Å². The number of hydrogen-bond donors (Lipinski definition) is 0. The van der Waals surface area contributed by atoms with Gasteiger partial charge in [-0.1, -0.05) is 19.9 Å². The number of hydrogen-bond acceptors (Lipinski definition) is 1. The van der Waals surface area contributed by atoms with Crippen molar-refractivity contribution in [2.75, 3.05) is 7.11 Å². The molecule has 0 saturated heterocycles. The molecular formula is C13H18O. The minimum absolute atomic E-state index is 0.708. The van der Waals surface area contributed by atoms with Crippen LogP contribution < -0.4 is 4.74 Å². The molecule has 1 nitrogen and oxygen atoms in total. The average molecular weight is 190 g/mol. The van der Waals surface area contributed by atoms with Crippen LogP contribution in [0.5, 0.6) is 5.75 Å². The summed E-state index contributed by atoms with van der Waals surface area (Å²) in [5, 5.41) is 0. The molecular weight excluding hydrogens is 172 g/mol. The van der Waals surface area contributed by atoms with Crippen LogP contribution in [0, 0.1) is 5.92 Å². The Bertz CT molecular complexity index is 330. The molecule has 14 heavy (non-hydrogen) atoms. The van der Waals surface area contributed by atoms with Gasteiger partial charge in [-0.25, -0.2) is 0 Å². The van der Waals surface area contributed by atoms with Crippen molar-refractivity contribution in [3.05, 3.63) is 29.3 Å². The van der Waals surface area contributed by atoms with Crippen LogP contribution in [0.25, 0.3) is 0 Å². The van der Waals surface area contributed by atoms with E-state index in [0.29, 0.717) is 5.92 Å². The topological polar surface area (TPSA) is 9.23 Å². The van der Waals surface area contributed by atoms with E-state index in [-0.39, 0.29) is 0 Å². The highest BCUT2D eigenvalue weighted by molar-refractivity contribution is 5.39. The molecule has 0 aliphatic heterocycles. The van der Waals surface area contributed by atoms with Crippen molar-refractivity contribution in [3.8, 4) is 5.75 Å². The van der Waals surface area contributed by atoms with Gasteiger partial charge in [0.2, 0.25) is 0 Å². The molecule has 1 heteroatoms. The van der Waals surface area contributed by atoms with Gasteiger partial charge in [0.1, 0.15) is 5.75 Å². The fourth-order valence-electron chi connectivity index (χ4n) is 2.56. The van der Waals surface area contributed by atoms with E-state index in [1.807, 2.05) is 0 Å². The maximum atomic E-state index is 5.25. The van der Waals surface area contributed by atoms with Crippen LogP contribution in [0.3, 0.4) is 0 Å². The Labute approximate surface area is 86.1 Å². The first-order valence-corrected chi connectivity index (χ1v) is 5.37. The van der Waals surface area contributed by atoms with Gasteiger partial charge in [-0.3, -0.25) is 0 Å². The summed E-state index contributed by atoms with van der Waals surface area (Å²) in [5.74, 6) is 2.51. The molecule has 0 bridgehead atoms. The summed E-state index contributed by atoms with van der Waals surface area (Å²) in [6.45, 7) is 4.65. The van der Waals surface area contributed by atoms with Crippen molar-refractivity contribution >= 4 is 0 Å². The van der Waals surface area contributed by atoms with Crippen LogP contribution in [0.4, 0.5) is 0 Å². The second kappa shape index (κ2) is 3.64. The summed E-state index contributed by atoms with van der Waals surface area (Å²) >= 11 is 0. The molecule has 1 aliphatic carbocycles. The van der Waals surface area contributed by atoms with E-state index in [1.165, 1.54) is 24.0 Å². The van der Waals surface area contributed by atoms with E-state index >= 15 is 0 Å². The van der Waals surface area contributed by atoms with E-state index in [4.69, 9.17) is 4.74 Å². The van der Waals surface area contributed by atoms with E-state index < -0.39 is 0 Å². The minimum Gasteiger partial charge on any atom is -0.497 e. The molecule has 1 aromatic carbocycles. The largest absolute Gasteiger partial charge is 0.497 e. The summed E-state index contributed by atoms with van der Waals surface area (Å²) in [5.41, 5.74) is 3.00. The monoisotopic (exact) mass is 190 g/mol. The summed E-state index contributed by atoms with van der Waals surface area (Å²) in [4.78, 5) is 0. The van der Waals surface area contributed by atoms with E-state index in [9.17, 15) is 0 Å². The summed E-state index contributed by atoms with van der Waals surface area (Å²) in [7, 11) is 1.73. The molecule has 0 aromatic heterocycles. The fraction of sp³-hybridized carbons (Fsp3) is 0.538. The molecule has 2 unspecified atom stereocenters. The second-order valence-electron chi connectivity index (χ2n) is 4.51. The van der Waals surface area contributed by atoms with Crippen LogP contribution in [-0.4, -0.2) is 7.11 Å². The number of rotatable bonds is 1. The molecule has 0 fully saturated rings. The van der Waals surface area contributed by atoms with Gasteiger partial charge < -0.3 is 4.74 Å². The first kappa shape index (κ1) is 9.57. The first-order valence-electron chi connectivity index (χ1n) is 5.37. The lowest BCUT2D eigenvalue weighted by Crippen LogP contribution is -2.14. The molecule has 0 spiro atoms. The standard InChI is InChI=1S/C13H18O/c1-9-6-10(2)13-5-4-12(14-3)8-11(13)7-9/h4-5,8-10H,6-7H2,1-3H3. The first-order chi connectivity index (χ1) is 6.70. The number of benzene rings is 1. The fourth-order valence-corrected chi connectivity index (χ4v) is 2.56. The minimum atomic E-state index is 0.708. The van der Waals surface area contributed by atoms with Crippen molar-refractivity contribution in [1.29, 1.82) is 0 Å². The molecule has 1 aliphatic rings. The molecule has 0 radical (unpaired) electrons. The van der Waals surface area contributed by atoms with Gasteiger partial charge in [-0.05, 0) is 47.9 Å². The molecule has 0 N–H and O–H groups in total. The van der Waals surface area contributed by atoms with Gasteiger partial charge in [0.25, 0.3) is 0 Å². The molecule has 0 saturated carbocycles. The Hall–Kier alpha value is -0.980. The second-order valence-corrected chi connectivity index (χ2v) is 4.51. The van der Waals surface area contributed by atoms with E-state index in [1.54, 1.807) is 7.11 Å². The number of ether oxygens (including phenoxy) is 1. The highest BCUT2D eigenvalue weighted by atomic mass is 16.5. The smallest absolute Gasteiger partial charge is 0.119 e. The molecule has 2 rings (SSSR count). The summed E-state index contributed by atoms with van der Waals surface area (Å²) in [6, 6.07) is 6.50. The highest BCUT2D eigenvalue weighted by Gasteiger charge is 2.21. The SMILES string of the molecule is COc1ccc2c(c1)CC(C)CC2C. The van der Waals surface area contributed by atoms with Gasteiger partial charge in [0.15, 0.2) is 0 Å². The third-order valence-electron chi connectivity index (χ3n) is 3.21. The van der Waals surface area contributed by atoms with E-state index in [2.05, 4.69) is 32.0 Å². The van der Waals surface area contributed by atoms with Gasteiger partial charge in [0, 0.05) is 0 Å². The number of fused-ring (bicyclic) bond motifs is 1. The zero-order valence-electron chi connectivity index (χ0n) is 9.21. The van der Waals surface area contributed by atoms with Crippen molar-refractivity contribution in [3.63, 3.8) is 0 Å². The molecule has 76 valence electrons. The van der Waals surface area contributed by atoms with Crippen molar-refractivity contribution in [1.82, 2.24) is 0 Å². The predicted molar refractivity (Wildman–Crippen MR) is 58.9 cm³/mol. The zero-order chi connectivity index (χ0) is 10.1. The maximum absolute atomic E-state index is 5.25. The molecule has 0 heterocycles. The van der Waals surface area contributed by atoms with Gasteiger partial charge in [-0.2, -0.15) is 0 Å². The Morgan fingerprint density at radius 2 is 2.07 bits per heavy atom. The van der Waals surface area contributed by atoms with Crippen LogP contribution in [-0.2, 0) is 6.42 Å². The molecule has 2 atom stereocenters. The summed E-state index contributed by atoms with van der Waals surface area (Å²) in [6.07, 6.45) is 2.52. The Kier molecular flexibility index (Phi) is 2.49. The van der Waals surface area contributed by atoms with Crippen LogP contribution in [0.2, 0.25) is 0 Å². The van der Waals surface area contributed by atoms with Gasteiger partial charge >= 0.3 is 0 Å². The Morgan fingerprint density at radius 3 is 2.79 bits per heavy atom. The number of methoxy groups -OCH3 is 1. The lowest BCUT2D eigenvalue weighted by molar-refractivity contribution is 0.408. The Morgan fingerprint density at radius 1 is 1.29 bits per heavy atom. The van der Waals surface area contributed by atoms with E-state index in [0.717, 1.165) is 11.7 Å². The molecule has 0 amide bonds. The molecule has 1 aromatic rings. The normalized spacial score (nSPS) is 25.6. The lowest BCUT2D eigenvalue weighted by atomic mass is 9.78. The van der Waals surface area contributed by atoms with Gasteiger partial charge in [-0.15, -0.1) is 0 Å². The predicted octanol–water partition coefficient (Wildman–Crippen LogP) is 3.38. The van der Waals surface area contributed by atoms with Crippen molar-refractivity contribution < 1.29 is 4.74 Å². The zero-order valence-corrected chi connectivity index (χ0v) is 9.21. The average Bonchev–Trinajstić information content (AvgIpc) is 2.16. The quantitative estimate of drug-likeness (QED) is 0.659. The van der Waals surface area contributed by atoms with Crippen molar-refractivity contribution in [2.45, 2.75) is 32.6 Å². The van der Waals surface area contributed by atoms with Crippen LogP contribution in [0.1, 0.15) is 37.3 Å². The summed E-state index contributed by atoms with van der Waals surface area (Å²) < 4.78 is 5.25. The lowest BCUT2D eigenvalue weighted by Gasteiger charge is -2.27.